The molecule has 2 N–H and O–H groups in total. The van der Waals surface area contributed by atoms with Crippen molar-refractivity contribution < 1.29 is 47.5 Å². The lowest BCUT2D eigenvalue weighted by molar-refractivity contribution is -0.152. The first-order valence-electron chi connectivity index (χ1n) is 24.3. The largest absolute Gasteiger partial charge is 0.493 e. The first-order chi connectivity index (χ1) is 33.3. The number of anilines is 2. The van der Waals surface area contributed by atoms with Crippen molar-refractivity contribution >= 4 is 23.3 Å². The SMILES string of the molecule is COc1cc(NCN2C3CCC(C3)[C@H]2C(=O)OCCCCc2ccccc2)cc(OC)c1OC.COc1cc(NCN2C3CCC(C3)[C@H]2C(=O)OCCCCc2ccccc2)cc(OC)c1OC. The molecule has 4 fully saturated rings. The molecule has 8 rings (SSSR count). The molecule has 6 atom stereocenters. The highest BCUT2D eigenvalue weighted by atomic mass is 16.5. The smallest absolute Gasteiger partial charge is 0.323 e. The number of carbonyl (C=O) groups excluding carboxylic acids is 2. The zero-order valence-corrected chi connectivity index (χ0v) is 40.8. The van der Waals surface area contributed by atoms with Crippen molar-refractivity contribution in [1.82, 2.24) is 9.80 Å². The molecule has 0 spiro atoms. The molecule has 0 amide bonds. The minimum atomic E-state index is -0.178. The lowest BCUT2D eigenvalue weighted by atomic mass is 9.99. The molecule has 368 valence electrons. The number of likely N-dealkylation sites (tertiary alicyclic amines) is 2. The first-order valence-corrected chi connectivity index (χ1v) is 24.3. The highest BCUT2D eigenvalue weighted by Gasteiger charge is 2.51. The number of hydrogen-bond acceptors (Lipinski definition) is 14. The third-order valence-corrected chi connectivity index (χ3v) is 14.1. The summed E-state index contributed by atoms with van der Waals surface area (Å²) in [6, 6.07) is 28.9. The minimum absolute atomic E-state index is 0.0846. The van der Waals surface area contributed by atoms with Gasteiger partial charge in [-0.1, -0.05) is 60.7 Å². The average Bonchev–Trinajstić information content (AvgIpc) is 4.20. The van der Waals surface area contributed by atoms with E-state index in [9.17, 15) is 9.59 Å². The number of benzene rings is 4. The Morgan fingerprint density at radius 2 is 0.868 bits per heavy atom. The van der Waals surface area contributed by atoms with Crippen molar-refractivity contribution in [3.63, 3.8) is 0 Å². The van der Waals surface area contributed by atoms with Gasteiger partial charge in [-0.25, -0.2) is 0 Å². The van der Waals surface area contributed by atoms with Crippen LogP contribution in [0.15, 0.2) is 84.9 Å². The normalized spacial score (nSPS) is 21.3. The fourth-order valence-electron chi connectivity index (χ4n) is 10.7. The van der Waals surface area contributed by atoms with Crippen LogP contribution in [0.4, 0.5) is 11.4 Å². The average molecular weight is 937 g/mol. The van der Waals surface area contributed by atoms with Crippen LogP contribution < -0.4 is 39.1 Å². The van der Waals surface area contributed by atoms with Gasteiger partial charge in [-0.05, 0) is 100 Å². The topological polar surface area (TPSA) is 139 Å². The molecular formula is C54H72N4O10. The third kappa shape index (κ3) is 12.4. The number of piperidine rings is 2. The Morgan fingerprint density at radius 1 is 0.500 bits per heavy atom. The number of carbonyl (C=O) groups is 2. The molecule has 0 radical (unpaired) electrons. The number of nitrogens with zero attached hydrogens (tertiary/aromatic N) is 2. The Morgan fingerprint density at radius 3 is 1.21 bits per heavy atom. The van der Waals surface area contributed by atoms with Gasteiger partial charge >= 0.3 is 11.9 Å². The van der Waals surface area contributed by atoms with E-state index in [1.54, 1.807) is 42.7 Å². The van der Waals surface area contributed by atoms with Crippen molar-refractivity contribution in [2.45, 2.75) is 101 Å². The van der Waals surface area contributed by atoms with E-state index >= 15 is 0 Å². The van der Waals surface area contributed by atoms with E-state index in [2.05, 4.69) is 69.0 Å². The molecule has 2 aliphatic carbocycles. The fourth-order valence-corrected chi connectivity index (χ4v) is 10.7. The van der Waals surface area contributed by atoms with Crippen LogP contribution in [0.25, 0.3) is 0 Å². The molecule has 4 bridgehead atoms. The molecule has 2 saturated heterocycles. The highest BCUT2D eigenvalue weighted by molar-refractivity contribution is 5.78. The van der Waals surface area contributed by atoms with Crippen LogP contribution in [0.3, 0.4) is 0 Å². The summed E-state index contributed by atoms with van der Waals surface area (Å²) in [5, 5.41) is 6.91. The molecular weight excluding hydrogens is 865 g/mol. The summed E-state index contributed by atoms with van der Waals surface area (Å²) in [5.74, 6) is 4.09. The number of unbranched alkanes of at least 4 members (excludes halogenated alkanes) is 2. The van der Waals surface area contributed by atoms with Gasteiger partial charge in [0.05, 0.1) is 69.2 Å². The minimum Gasteiger partial charge on any atom is -0.493 e. The van der Waals surface area contributed by atoms with Crippen molar-refractivity contribution in [3.05, 3.63) is 96.1 Å². The first kappa shape index (κ1) is 50.0. The van der Waals surface area contributed by atoms with Gasteiger partial charge in [0.15, 0.2) is 23.0 Å². The molecule has 68 heavy (non-hydrogen) atoms. The van der Waals surface area contributed by atoms with Gasteiger partial charge in [-0.15, -0.1) is 0 Å². The van der Waals surface area contributed by atoms with Crippen molar-refractivity contribution in [2.75, 3.05) is 79.8 Å². The van der Waals surface area contributed by atoms with Crippen LogP contribution in [0.5, 0.6) is 34.5 Å². The van der Waals surface area contributed by atoms with Crippen LogP contribution in [0, 0.1) is 11.8 Å². The molecule has 4 unspecified atom stereocenters. The summed E-state index contributed by atoms with van der Waals surface area (Å²) < 4.78 is 44.1. The fraction of sp³-hybridized carbons (Fsp3) is 0.519. The second kappa shape index (κ2) is 25.0. The number of hydrogen-bond donors (Lipinski definition) is 2. The number of aryl methyl sites for hydroxylation is 2. The Bertz CT molecular complexity index is 2010. The molecule has 4 aromatic carbocycles. The maximum Gasteiger partial charge on any atom is 0.323 e. The Labute approximate surface area is 402 Å². The highest BCUT2D eigenvalue weighted by Crippen LogP contribution is 2.45. The van der Waals surface area contributed by atoms with Crippen LogP contribution in [0.2, 0.25) is 0 Å². The summed E-state index contributed by atoms with van der Waals surface area (Å²) in [4.78, 5) is 30.6. The van der Waals surface area contributed by atoms with Crippen LogP contribution in [0.1, 0.15) is 75.3 Å². The molecule has 2 aliphatic heterocycles. The molecule has 14 nitrogen and oxygen atoms in total. The number of rotatable bonds is 24. The van der Waals surface area contributed by atoms with Gasteiger partial charge in [0, 0.05) is 47.7 Å². The molecule has 2 saturated carbocycles. The third-order valence-electron chi connectivity index (χ3n) is 14.1. The van der Waals surface area contributed by atoms with E-state index in [0.717, 1.165) is 88.4 Å². The standard InChI is InChI=1S/2C27H36N2O5/c2*1-31-23-16-21(17-24(32-2)26(23)33-3)28-18-29-22-13-12-20(15-22)25(29)27(30)34-14-8-7-11-19-9-5-4-6-10-19/h2*4-6,9-10,16-17,20,22,25,28H,7-8,11-15,18H2,1-3H3/t2*20?,22?,25-/m00/s1. The quantitative estimate of drug-likeness (QED) is 0.0511. The van der Waals surface area contributed by atoms with E-state index in [1.165, 1.54) is 11.1 Å². The zero-order chi connectivity index (χ0) is 47.8. The summed E-state index contributed by atoms with van der Waals surface area (Å²) in [7, 11) is 9.59. The molecule has 2 heterocycles. The van der Waals surface area contributed by atoms with E-state index < -0.39 is 0 Å². The van der Waals surface area contributed by atoms with Crippen molar-refractivity contribution in [1.29, 1.82) is 0 Å². The number of esters is 2. The summed E-state index contributed by atoms with van der Waals surface area (Å²) >= 11 is 0. The van der Waals surface area contributed by atoms with E-state index in [4.69, 9.17) is 37.9 Å². The summed E-state index contributed by atoms with van der Waals surface area (Å²) in [5.41, 5.74) is 4.35. The van der Waals surface area contributed by atoms with Crippen LogP contribution in [-0.2, 0) is 31.9 Å². The predicted octanol–water partition coefficient (Wildman–Crippen LogP) is 9.00. The molecule has 14 heteroatoms. The Balaban J connectivity index is 0.000000201. The lowest BCUT2D eigenvalue weighted by Gasteiger charge is -2.34. The Hall–Kier alpha value is -5.86. The molecule has 4 aliphatic rings. The van der Waals surface area contributed by atoms with Crippen LogP contribution >= 0.6 is 0 Å². The predicted molar refractivity (Wildman–Crippen MR) is 263 cm³/mol. The second-order valence-corrected chi connectivity index (χ2v) is 18.1. The monoisotopic (exact) mass is 937 g/mol. The van der Waals surface area contributed by atoms with Gasteiger partial charge in [0.25, 0.3) is 0 Å². The summed E-state index contributed by atoms with van der Waals surface area (Å²) in [6.45, 7) is 2.09. The number of nitrogens with one attached hydrogen (secondary N) is 2. The van der Waals surface area contributed by atoms with Crippen molar-refractivity contribution in [3.8, 4) is 34.5 Å². The van der Waals surface area contributed by atoms with E-state index in [-0.39, 0.29) is 24.0 Å². The van der Waals surface area contributed by atoms with E-state index in [1.807, 2.05) is 36.4 Å². The number of methoxy groups -OCH3 is 6. The number of ether oxygens (including phenoxy) is 8. The van der Waals surface area contributed by atoms with Gasteiger partial charge in [0.1, 0.15) is 12.1 Å². The van der Waals surface area contributed by atoms with Gasteiger partial charge in [-0.3, -0.25) is 19.4 Å². The second-order valence-electron chi connectivity index (χ2n) is 18.1. The summed E-state index contributed by atoms with van der Waals surface area (Å²) in [6.07, 6.45) is 12.4. The Kier molecular flexibility index (Phi) is 18.4. The maximum atomic E-state index is 13.0. The zero-order valence-electron chi connectivity index (χ0n) is 40.8. The van der Waals surface area contributed by atoms with E-state index in [0.29, 0.717) is 85.0 Å². The van der Waals surface area contributed by atoms with Gasteiger partial charge in [-0.2, -0.15) is 0 Å². The van der Waals surface area contributed by atoms with Crippen LogP contribution in [-0.4, -0.2) is 115 Å². The maximum absolute atomic E-state index is 13.0. The lowest BCUT2D eigenvalue weighted by Crippen LogP contribution is -2.48. The molecule has 0 aromatic heterocycles. The van der Waals surface area contributed by atoms with Crippen molar-refractivity contribution in [2.24, 2.45) is 11.8 Å². The van der Waals surface area contributed by atoms with Gasteiger partial charge in [0.2, 0.25) is 11.5 Å². The molecule has 4 aromatic rings. The number of fused-ring (bicyclic) bond motifs is 4. The van der Waals surface area contributed by atoms with Gasteiger partial charge < -0.3 is 48.5 Å².